The van der Waals surface area contributed by atoms with E-state index in [1.54, 1.807) is 0 Å². The topological polar surface area (TPSA) is 57.5 Å². The third-order valence-corrected chi connectivity index (χ3v) is 0. The first-order valence-corrected chi connectivity index (χ1v) is 2.15. The average Bonchev–Trinajstić information content (AvgIpc) is 1.25. The van der Waals surface area contributed by atoms with E-state index in [2.05, 4.69) is 20.8 Å². The van der Waals surface area contributed by atoms with Crippen LogP contribution >= 0.6 is 0 Å². The average molecular weight is 126 g/mol. The maximum atomic E-state index is 8.56. The van der Waals surface area contributed by atoms with E-state index in [1.807, 2.05) is 0 Å². The first kappa shape index (κ1) is 15.9. The SMILES string of the molecule is C[C-](C)C.O=C(O)O.[Li+]. The molecule has 0 bridgehead atoms. The minimum atomic E-state index is -1.83. The van der Waals surface area contributed by atoms with Crippen LogP contribution in [-0.4, -0.2) is 16.4 Å². The Balaban J connectivity index is -0.0000000720. The van der Waals surface area contributed by atoms with E-state index >= 15 is 0 Å². The van der Waals surface area contributed by atoms with Crippen molar-refractivity contribution >= 4 is 6.16 Å². The number of carboxylic acid groups (broad SMARTS) is 2. The largest absolute Gasteiger partial charge is 1.00 e. The van der Waals surface area contributed by atoms with E-state index < -0.39 is 6.16 Å². The number of carbonyl (C=O) groups is 1. The molecule has 0 atom stereocenters. The molecule has 3 nitrogen and oxygen atoms in total. The molecule has 0 heterocycles. The quantitative estimate of drug-likeness (QED) is 0.318. The third-order valence-electron chi connectivity index (χ3n) is 0. The van der Waals surface area contributed by atoms with Crippen molar-refractivity contribution < 1.29 is 33.9 Å². The van der Waals surface area contributed by atoms with Crippen molar-refractivity contribution in [2.75, 3.05) is 0 Å². The Kier molecular flexibility index (Phi) is 19.1. The van der Waals surface area contributed by atoms with Crippen molar-refractivity contribution in [1.82, 2.24) is 0 Å². The van der Waals surface area contributed by atoms with Crippen molar-refractivity contribution in [2.24, 2.45) is 0 Å². The second-order valence-electron chi connectivity index (χ2n) is 1.78. The molecule has 9 heavy (non-hydrogen) atoms. The van der Waals surface area contributed by atoms with Crippen LogP contribution in [-0.2, 0) is 0 Å². The van der Waals surface area contributed by atoms with Gasteiger partial charge in [-0.25, -0.2) is 4.79 Å². The molecule has 50 valence electrons. The second-order valence-corrected chi connectivity index (χ2v) is 1.78. The molecule has 0 unspecified atom stereocenters. The molecule has 4 heteroatoms. The van der Waals surface area contributed by atoms with Crippen LogP contribution in [0.2, 0.25) is 0 Å². The summed E-state index contributed by atoms with van der Waals surface area (Å²) in [5.74, 6) is 1.42. The zero-order chi connectivity index (χ0) is 7.15. The first-order valence-electron chi connectivity index (χ1n) is 2.15. The van der Waals surface area contributed by atoms with Gasteiger partial charge in [-0.15, -0.1) is 0 Å². The molecule has 0 radical (unpaired) electrons. The zero-order valence-electron chi connectivity index (χ0n) is 6.30. The molecule has 0 rings (SSSR count). The van der Waals surface area contributed by atoms with Gasteiger partial charge in [0.25, 0.3) is 0 Å². The normalized spacial score (nSPS) is 6.67. The van der Waals surface area contributed by atoms with E-state index in [0.29, 0.717) is 0 Å². The summed E-state index contributed by atoms with van der Waals surface area (Å²) in [5.41, 5.74) is 0. The molecule has 0 aliphatic carbocycles. The Hall–Kier alpha value is -0.133. The van der Waals surface area contributed by atoms with Gasteiger partial charge in [0.1, 0.15) is 0 Å². The molecule has 0 aliphatic heterocycles. The number of rotatable bonds is 0. The van der Waals surface area contributed by atoms with Crippen LogP contribution < -0.4 is 18.9 Å². The van der Waals surface area contributed by atoms with Crippen molar-refractivity contribution in [3.63, 3.8) is 0 Å². The molecule has 0 aromatic rings. The summed E-state index contributed by atoms with van der Waals surface area (Å²) in [6.07, 6.45) is -1.83. The monoisotopic (exact) mass is 126 g/mol. The fraction of sp³-hybridized carbons (Fsp3) is 0.600. The van der Waals surface area contributed by atoms with Gasteiger partial charge in [-0.1, -0.05) is 0 Å². The van der Waals surface area contributed by atoms with Crippen LogP contribution in [0.5, 0.6) is 0 Å². The van der Waals surface area contributed by atoms with Crippen LogP contribution in [0.15, 0.2) is 0 Å². The van der Waals surface area contributed by atoms with Crippen molar-refractivity contribution in [1.29, 1.82) is 0 Å². The minimum Gasteiger partial charge on any atom is -0.450 e. The van der Waals surface area contributed by atoms with Crippen LogP contribution in [0.25, 0.3) is 0 Å². The van der Waals surface area contributed by atoms with Gasteiger partial charge >= 0.3 is 25.0 Å². The Morgan fingerprint density at radius 1 is 1.22 bits per heavy atom. The van der Waals surface area contributed by atoms with E-state index in [9.17, 15) is 0 Å². The van der Waals surface area contributed by atoms with Gasteiger partial charge in [-0.3, -0.25) is 0 Å². The van der Waals surface area contributed by atoms with Crippen molar-refractivity contribution in [3.05, 3.63) is 5.92 Å². The molecule has 0 aromatic heterocycles. The van der Waals surface area contributed by atoms with Gasteiger partial charge in [0.05, 0.1) is 0 Å². The fourth-order valence-corrected chi connectivity index (χ4v) is 0. The first-order chi connectivity index (χ1) is 3.46. The molecule has 0 aliphatic rings. The smallest absolute Gasteiger partial charge is 0.450 e. The number of hydrogen-bond acceptors (Lipinski definition) is 1. The molecule has 0 aromatic carbocycles. The standard InChI is InChI=1S/C4H9.CH2O3.Li/c1-4(2)3;2-1(3)4;/h1-3H3;(H2,2,3,4);/q-1;;+1. The van der Waals surface area contributed by atoms with E-state index in [-0.39, 0.29) is 18.9 Å². The number of hydrogen-bond donors (Lipinski definition) is 2. The second kappa shape index (κ2) is 10.8. The van der Waals surface area contributed by atoms with Crippen LogP contribution in [0.3, 0.4) is 0 Å². The predicted octanol–water partition coefficient (Wildman–Crippen LogP) is -1.15. The van der Waals surface area contributed by atoms with Crippen molar-refractivity contribution in [3.8, 4) is 0 Å². The molecule has 0 spiro atoms. The van der Waals surface area contributed by atoms with Gasteiger partial charge in [0, 0.05) is 0 Å². The Bertz CT molecular complexity index is 56.5. The summed E-state index contributed by atoms with van der Waals surface area (Å²) in [5, 5.41) is 13.9. The molecule has 0 saturated carbocycles. The molecule has 0 amide bonds. The molecular formula is C5H11LiO3. The summed E-state index contributed by atoms with van der Waals surface area (Å²) in [7, 11) is 0. The van der Waals surface area contributed by atoms with Gasteiger partial charge in [-0.05, 0) is 0 Å². The Labute approximate surface area is 67.3 Å². The zero-order valence-corrected chi connectivity index (χ0v) is 6.30. The maximum absolute atomic E-state index is 8.56. The summed E-state index contributed by atoms with van der Waals surface area (Å²) in [4.78, 5) is 8.56. The van der Waals surface area contributed by atoms with Crippen LogP contribution in [0.1, 0.15) is 20.8 Å². The Morgan fingerprint density at radius 2 is 1.22 bits per heavy atom. The minimum absolute atomic E-state index is 0. The summed E-state index contributed by atoms with van der Waals surface area (Å²) < 4.78 is 0. The van der Waals surface area contributed by atoms with Gasteiger partial charge in [-0.2, -0.15) is 20.8 Å². The summed E-state index contributed by atoms with van der Waals surface area (Å²) >= 11 is 0. The van der Waals surface area contributed by atoms with Gasteiger partial charge in [0.15, 0.2) is 0 Å². The molecule has 0 fully saturated rings. The summed E-state index contributed by atoms with van der Waals surface area (Å²) in [6, 6.07) is 0. The molecular weight excluding hydrogens is 115 g/mol. The van der Waals surface area contributed by atoms with E-state index in [4.69, 9.17) is 15.0 Å². The van der Waals surface area contributed by atoms with Crippen molar-refractivity contribution in [2.45, 2.75) is 20.8 Å². The molecule has 2 N–H and O–H groups in total. The van der Waals surface area contributed by atoms with E-state index in [0.717, 1.165) is 0 Å². The predicted molar refractivity (Wildman–Crippen MR) is 30.9 cm³/mol. The summed E-state index contributed by atoms with van der Waals surface area (Å²) in [6.45, 7) is 6.25. The molecule has 0 saturated heterocycles. The van der Waals surface area contributed by atoms with E-state index in [1.165, 1.54) is 5.92 Å². The van der Waals surface area contributed by atoms with Gasteiger partial charge in [0.2, 0.25) is 0 Å². The Morgan fingerprint density at radius 3 is 1.22 bits per heavy atom. The van der Waals surface area contributed by atoms with Crippen LogP contribution in [0, 0.1) is 5.92 Å². The van der Waals surface area contributed by atoms with Crippen LogP contribution in [0.4, 0.5) is 4.79 Å². The third kappa shape index (κ3) is 15400. The maximum Gasteiger partial charge on any atom is 1.00 e. The fourth-order valence-electron chi connectivity index (χ4n) is 0. The van der Waals surface area contributed by atoms with Gasteiger partial charge < -0.3 is 16.1 Å².